The Hall–Kier alpha value is -1.55. The van der Waals surface area contributed by atoms with Gasteiger partial charge in [-0.1, -0.05) is 0 Å². The van der Waals surface area contributed by atoms with Crippen LogP contribution in [0.4, 0.5) is 5.69 Å². The number of likely N-dealkylation sites (tertiary alicyclic amines) is 1. The lowest BCUT2D eigenvalue weighted by atomic mass is 10.2. The number of anilines is 1. The van der Waals surface area contributed by atoms with Crippen LogP contribution in [0.3, 0.4) is 0 Å². The van der Waals surface area contributed by atoms with Gasteiger partial charge >= 0.3 is 0 Å². The van der Waals surface area contributed by atoms with Crippen LogP contribution in [0.1, 0.15) is 12.8 Å². The Labute approximate surface area is 101 Å². The number of hydrogen-bond acceptors (Lipinski definition) is 2. The van der Waals surface area contributed by atoms with E-state index in [4.69, 9.17) is 5.73 Å². The first-order chi connectivity index (χ1) is 8.31. The van der Waals surface area contributed by atoms with Crippen LogP contribution in [0.15, 0.2) is 24.4 Å². The molecule has 0 spiro atoms. The lowest BCUT2D eigenvalue weighted by Gasteiger charge is -2.10. The van der Waals surface area contributed by atoms with Gasteiger partial charge in [0.05, 0.1) is 11.9 Å². The fraction of sp³-hybridized carbons (Fsp3) is 0.462. The Morgan fingerprint density at radius 3 is 2.94 bits per heavy atom. The molecule has 0 radical (unpaired) electrons. The molecule has 1 aromatic carbocycles. The van der Waals surface area contributed by atoms with Gasteiger partial charge in [-0.25, -0.2) is 0 Å². The third-order valence-electron chi connectivity index (χ3n) is 3.49. The quantitative estimate of drug-likeness (QED) is 0.614. The number of benzene rings is 1. The number of rotatable bonds is 3. The van der Waals surface area contributed by atoms with Gasteiger partial charge in [-0.15, -0.1) is 4.68 Å². The Balaban J connectivity index is 1.72. The number of nitrogens with two attached hydrogens (primary N) is 1. The average molecular weight is 231 g/mol. The largest absolute Gasteiger partial charge is 0.399 e. The maximum absolute atomic E-state index is 5.78. The summed E-state index contributed by atoms with van der Waals surface area (Å²) in [5, 5.41) is 4.57. The molecule has 3 rings (SSSR count). The van der Waals surface area contributed by atoms with Crippen molar-refractivity contribution in [3.05, 3.63) is 24.4 Å². The molecule has 3 N–H and O–H groups in total. The zero-order chi connectivity index (χ0) is 11.7. The molecule has 0 amide bonds. The third-order valence-corrected chi connectivity index (χ3v) is 3.49. The van der Waals surface area contributed by atoms with Crippen molar-refractivity contribution in [2.24, 2.45) is 0 Å². The minimum absolute atomic E-state index is 0.822. The van der Waals surface area contributed by atoms with E-state index < -0.39 is 0 Å². The molecule has 0 aliphatic carbocycles. The number of nitrogens with zero attached hydrogens (tertiary/aromatic N) is 2. The number of aromatic amines is 1. The third kappa shape index (κ3) is 2.26. The first-order valence-corrected chi connectivity index (χ1v) is 6.31. The van der Waals surface area contributed by atoms with Gasteiger partial charge in [0.25, 0.3) is 0 Å². The SMILES string of the molecule is Nc1ccc2[nH][n+](CCN3CCCC3)cc2c1. The maximum Gasteiger partial charge on any atom is 0.203 e. The topological polar surface area (TPSA) is 48.9 Å². The van der Waals surface area contributed by atoms with Crippen molar-refractivity contribution in [2.75, 3.05) is 25.4 Å². The van der Waals surface area contributed by atoms with Crippen LogP contribution in [-0.2, 0) is 6.54 Å². The van der Waals surface area contributed by atoms with E-state index in [1.54, 1.807) is 0 Å². The maximum atomic E-state index is 5.78. The van der Waals surface area contributed by atoms with Gasteiger partial charge in [-0.2, -0.15) is 5.10 Å². The van der Waals surface area contributed by atoms with Crippen LogP contribution in [0.5, 0.6) is 0 Å². The molecule has 1 aliphatic rings. The average Bonchev–Trinajstić information content (AvgIpc) is 2.94. The highest BCUT2D eigenvalue weighted by Gasteiger charge is 2.14. The zero-order valence-corrected chi connectivity index (χ0v) is 10.0. The number of nitrogen functional groups attached to an aromatic ring is 1. The fourth-order valence-corrected chi connectivity index (χ4v) is 2.52. The second-order valence-electron chi connectivity index (χ2n) is 4.83. The van der Waals surface area contributed by atoms with Gasteiger partial charge in [-0.05, 0) is 44.1 Å². The van der Waals surface area contributed by atoms with Crippen LogP contribution in [-0.4, -0.2) is 29.6 Å². The molecule has 4 nitrogen and oxygen atoms in total. The van der Waals surface area contributed by atoms with E-state index in [1.807, 2.05) is 18.2 Å². The molecule has 2 aromatic rings. The summed E-state index contributed by atoms with van der Waals surface area (Å²) in [5.74, 6) is 0. The normalized spacial score (nSPS) is 16.9. The van der Waals surface area contributed by atoms with Crippen molar-refractivity contribution in [3.8, 4) is 0 Å². The first-order valence-electron chi connectivity index (χ1n) is 6.31. The van der Waals surface area contributed by atoms with Crippen LogP contribution >= 0.6 is 0 Å². The lowest BCUT2D eigenvalue weighted by Crippen LogP contribution is -2.40. The van der Waals surface area contributed by atoms with Gasteiger partial charge in [0, 0.05) is 5.69 Å². The van der Waals surface area contributed by atoms with Gasteiger partial charge in [0.2, 0.25) is 6.20 Å². The van der Waals surface area contributed by atoms with Crippen LogP contribution < -0.4 is 10.4 Å². The molecular weight excluding hydrogens is 212 g/mol. The number of H-pyrrole nitrogens is 1. The molecule has 4 heteroatoms. The molecule has 0 unspecified atom stereocenters. The molecule has 90 valence electrons. The van der Waals surface area contributed by atoms with Crippen molar-refractivity contribution in [1.82, 2.24) is 10.00 Å². The van der Waals surface area contributed by atoms with Crippen LogP contribution in [0.25, 0.3) is 10.9 Å². The molecule has 0 bridgehead atoms. The van der Waals surface area contributed by atoms with E-state index in [1.165, 1.54) is 31.3 Å². The molecule has 1 aliphatic heterocycles. The summed E-state index contributed by atoms with van der Waals surface area (Å²) in [7, 11) is 0. The highest BCUT2D eigenvalue weighted by atomic mass is 15.3. The number of aromatic nitrogens is 2. The van der Waals surface area contributed by atoms with E-state index in [9.17, 15) is 0 Å². The van der Waals surface area contributed by atoms with E-state index in [-0.39, 0.29) is 0 Å². The van der Waals surface area contributed by atoms with Gasteiger partial charge in [0.1, 0.15) is 5.52 Å². The molecule has 1 fully saturated rings. The predicted octanol–water partition coefficient (Wildman–Crippen LogP) is 1.13. The monoisotopic (exact) mass is 231 g/mol. The van der Waals surface area contributed by atoms with Crippen molar-refractivity contribution in [3.63, 3.8) is 0 Å². The van der Waals surface area contributed by atoms with Gasteiger partial charge in [0.15, 0.2) is 6.54 Å². The predicted molar refractivity (Wildman–Crippen MR) is 68.6 cm³/mol. The Morgan fingerprint density at radius 1 is 1.29 bits per heavy atom. The Morgan fingerprint density at radius 2 is 2.12 bits per heavy atom. The summed E-state index contributed by atoms with van der Waals surface area (Å²) >= 11 is 0. The van der Waals surface area contributed by atoms with Gasteiger partial charge < -0.3 is 5.73 Å². The van der Waals surface area contributed by atoms with E-state index >= 15 is 0 Å². The molecule has 1 saturated heterocycles. The highest BCUT2D eigenvalue weighted by Crippen LogP contribution is 2.13. The van der Waals surface area contributed by atoms with Crippen molar-refractivity contribution in [2.45, 2.75) is 19.4 Å². The minimum atomic E-state index is 0.822. The molecular formula is C13H19N4+. The van der Waals surface area contributed by atoms with Crippen molar-refractivity contribution < 1.29 is 4.68 Å². The smallest absolute Gasteiger partial charge is 0.203 e. The Kier molecular flexibility index (Phi) is 2.73. The summed E-state index contributed by atoms with van der Waals surface area (Å²) in [6, 6.07) is 5.98. The lowest BCUT2D eigenvalue weighted by molar-refractivity contribution is -0.747. The van der Waals surface area contributed by atoms with Crippen molar-refractivity contribution in [1.29, 1.82) is 0 Å². The van der Waals surface area contributed by atoms with E-state index in [0.717, 1.165) is 24.3 Å². The molecule has 0 saturated carbocycles. The molecule has 2 heterocycles. The molecule has 0 atom stereocenters. The number of fused-ring (bicyclic) bond motifs is 1. The zero-order valence-electron chi connectivity index (χ0n) is 10.0. The van der Waals surface area contributed by atoms with Gasteiger partial charge in [-0.3, -0.25) is 4.90 Å². The first kappa shape index (κ1) is 10.6. The van der Waals surface area contributed by atoms with Crippen LogP contribution in [0, 0.1) is 0 Å². The number of hydrogen-bond donors (Lipinski definition) is 2. The standard InChI is InChI=1S/C13H18N4/c14-12-3-4-13-11(9-12)10-17(15-13)8-7-16-5-1-2-6-16/h3-4,9-10H,1-2,5-8,14H2/p+1. The summed E-state index contributed by atoms with van der Waals surface area (Å²) in [6.45, 7) is 4.67. The molecule has 1 aromatic heterocycles. The minimum Gasteiger partial charge on any atom is -0.399 e. The second kappa shape index (κ2) is 4.37. The highest BCUT2D eigenvalue weighted by molar-refractivity contribution is 5.80. The van der Waals surface area contributed by atoms with Crippen molar-refractivity contribution >= 4 is 16.6 Å². The summed E-state index contributed by atoms with van der Waals surface area (Å²) in [5.41, 5.74) is 7.75. The Bertz CT molecular complexity index is 511. The fourth-order valence-electron chi connectivity index (χ4n) is 2.52. The summed E-state index contributed by atoms with van der Waals surface area (Å²) in [6.07, 6.45) is 4.85. The summed E-state index contributed by atoms with van der Waals surface area (Å²) < 4.78 is 2.16. The molecule has 17 heavy (non-hydrogen) atoms. The van der Waals surface area contributed by atoms with E-state index in [0.29, 0.717) is 0 Å². The van der Waals surface area contributed by atoms with Crippen LogP contribution in [0.2, 0.25) is 0 Å². The van der Waals surface area contributed by atoms with E-state index in [2.05, 4.69) is 20.9 Å². The summed E-state index contributed by atoms with van der Waals surface area (Å²) in [4.78, 5) is 2.52. The number of nitrogens with one attached hydrogen (secondary N) is 1. The second-order valence-corrected chi connectivity index (χ2v) is 4.83.